The maximum absolute atomic E-state index is 12.3. The molecule has 1 aromatic heterocycles. The molecule has 0 spiro atoms. The maximum Gasteiger partial charge on any atom is 0.227 e. The average molecular weight is 336 g/mol. The summed E-state index contributed by atoms with van der Waals surface area (Å²) >= 11 is 3.40. The summed E-state index contributed by atoms with van der Waals surface area (Å²) in [5.41, 5.74) is 2.88. The van der Waals surface area contributed by atoms with Gasteiger partial charge in [-0.15, -0.1) is 0 Å². The highest BCUT2D eigenvalue weighted by Gasteiger charge is 2.18. The van der Waals surface area contributed by atoms with E-state index >= 15 is 0 Å². The zero-order chi connectivity index (χ0) is 14.5. The summed E-state index contributed by atoms with van der Waals surface area (Å²) in [6.45, 7) is 4.41. The molecule has 0 saturated heterocycles. The number of nitrogens with one attached hydrogen (secondary N) is 2. The molecule has 1 atom stereocenters. The zero-order valence-corrected chi connectivity index (χ0v) is 13.2. The molecular formula is C15H18BrN3O. The quantitative estimate of drug-likeness (QED) is 0.880. The molecule has 1 amide bonds. The van der Waals surface area contributed by atoms with Gasteiger partial charge in [-0.05, 0) is 37.1 Å². The first-order valence-electron chi connectivity index (χ1n) is 6.64. The van der Waals surface area contributed by atoms with Crippen molar-refractivity contribution in [3.8, 4) is 0 Å². The number of hydrogen-bond donors (Lipinski definition) is 2. The van der Waals surface area contributed by atoms with E-state index < -0.39 is 0 Å². The van der Waals surface area contributed by atoms with Crippen molar-refractivity contribution >= 4 is 21.8 Å². The number of aromatic nitrogens is 2. The van der Waals surface area contributed by atoms with Crippen LogP contribution in [0.1, 0.15) is 36.2 Å². The highest BCUT2D eigenvalue weighted by molar-refractivity contribution is 9.10. The molecule has 0 fully saturated rings. The Bertz CT molecular complexity index is 577. The van der Waals surface area contributed by atoms with Crippen molar-refractivity contribution < 1.29 is 4.79 Å². The number of carbonyl (C=O) groups excluding carboxylic acids is 1. The predicted molar refractivity (Wildman–Crippen MR) is 82.3 cm³/mol. The number of aryl methyl sites for hydroxylation is 1. The largest absolute Gasteiger partial charge is 0.350 e. The first-order valence-corrected chi connectivity index (χ1v) is 7.43. The fourth-order valence-corrected chi connectivity index (χ4v) is 2.40. The molecule has 0 saturated carbocycles. The Morgan fingerprint density at radius 1 is 1.40 bits per heavy atom. The molecule has 1 aromatic carbocycles. The Morgan fingerprint density at radius 2 is 2.10 bits per heavy atom. The smallest absolute Gasteiger partial charge is 0.227 e. The van der Waals surface area contributed by atoms with Crippen LogP contribution in [-0.4, -0.2) is 16.1 Å². The third-order valence-electron chi connectivity index (χ3n) is 3.20. The molecule has 2 N–H and O–H groups in total. The number of carbonyl (C=O) groups is 1. The van der Waals surface area contributed by atoms with Gasteiger partial charge in [0.1, 0.15) is 0 Å². The number of aromatic amines is 1. The number of H-pyrrole nitrogens is 1. The van der Waals surface area contributed by atoms with Gasteiger partial charge >= 0.3 is 0 Å². The van der Waals surface area contributed by atoms with Gasteiger partial charge in [0.05, 0.1) is 18.2 Å². The molecule has 0 aliphatic heterocycles. The van der Waals surface area contributed by atoms with Gasteiger partial charge in [0, 0.05) is 10.2 Å². The number of amides is 1. The van der Waals surface area contributed by atoms with E-state index in [2.05, 4.69) is 31.4 Å². The van der Waals surface area contributed by atoms with Crippen molar-refractivity contribution in [3.63, 3.8) is 0 Å². The lowest BCUT2D eigenvalue weighted by atomic mass is 9.96. The highest BCUT2D eigenvalue weighted by Crippen LogP contribution is 2.22. The second kappa shape index (κ2) is 6.70. The summed E-state index contributed by atoms with van der Waals surface area (Å²) in [6.07, 6.45) is 0.771. The molecular weight excluding hydrogens is 318 g/mol. The summed E-state index contributed by atoms with van der Waals surface area (Å²) in [5.74, 6) is -0.0846. The Morgan fingerprint density at radius 3 is 2.65 bits per heavy atom. The van der Waals surface area contributed by atoms with Crippen LogP contribution in [0, 0.1) is 6.92 Å². The summed E-state index contributed by atoms with van der Waals surface area (Å²) in [6, 6.07) is 9.82. The highest BCUT2D eigenvalue weighted by atomic mass is 79.9. The number of halogens is 1. The summed E-state index contributed by atoms with van der Waals surface area (Å²) in [4.78, 5) is 12.3. The van der Waals surface area contributed by atoms with Crippen molar-refractivity contribution in [2.75, 3.05) is 0 Å². The molecule has 0 aliphatic carbocycles. The van der Waals surface area contributed by atoms with Crippen molar-refractivity contribution in [1.82, 2.24) is 15.5 Å². The molecule has 20 heavy (non-hydrogen) atoms. The van der Waals surface area contributed by atoms with Crippen LogP contribution in [0.15, 0.2) is 34.8 Å². The lowest BCUT2D eigenvalue weighted by Crippen LogP contribution is -2.28. The first-order chi connectivity index (χ1) is 9.60. The normalized spacial score (nSPS) is 12.2. The summed E-state index contributed by atoms with van der Waals surface area (Å²) in [7, 11) is 0. The maximum atomic E-state index is 12.3. The van der Waals surface area contributed by atoms with Crippen molar-refractivity contribution in [2.45, 2.75) is 32.7 Å². The van der Waals surface area contributed by atoms with Gasteiger partial charge in [0.15, 0.2) is 0 Å². The number of benzene rings is 1. The van der Waals surface area contributed by atoms with Crippen LogP contribution >= 0.6 is 15.9 Å². The molecule has 1 unspecified atom stereocenters. The van der Waals surface area contributed by atoms with E-state index in [0.717, 1.165) is 27.8 Å². The van der Waals surface area contributed by atoms with E-state index in [1.54, 1.807) is 0 Å². The SMILES string of the molecule is CCC(C(=O)NCc1cc(C)[nH]n1)c1ccc(Br)cc1. The number of hydrogen-bond acceptors (Lipinski definition) is 2. The van der Waals surface area contributed by atoms with Crippen molar-refractivity contribution in [2.24, 2.45) is 0 Å². The second-order valence-electron chi connectivity index (χ2n) is 4.77. The van der Waals surface area contributed by atoms with Gasteiger partial charge in [0.25, 0.3) is 0 Å². The Labute approximate surface area is 127 Å². The van der Waals surface area contributed by atoms with E-state index in [9.17, 15) is 4.79 Å². The lowest BCUT2D eigenvalue weighted by molar-refractivity contribution is -0.122. The standard InChI is InChI=1S/C15H18BrN3O/c1-3-14(11-4-6-12(16)7-5-11)15(20)17-9-13-8-10(2)18-19-13/h4-8,14H,3,9H2,1-2H3,(H,17,20)(H,18,19). The van der Waals surface area contributed by atoms with E-state index in [-0.39, 0.29) is 11.8 Å². The minimum Gasteiger partial charge on any atom is -0.350 e. The summed E-state index contributed by atoms with van der Waals surface area (Å²) < 4.78 is 1.02. The van der Waals surface area contributed by atoms with E-state index in [1.165, 1.54) is 0 Å². The third-order valence-corrected chi connectivity index (χ3v) is 3.73. The second-order valence-corrected chi connectivity index (χ2v) is 5.69. The molecule has 1 heterocycles. The Kier molecular flexibility index (Phi) is 4.95. The van der Waals surface area contributed by atoms with E-state index in [1.807, 2.05) is 44.2 Å². The fourth-order valence-electron chi connectivity index (χ4n) is 2.13. The molecule has 0 aliphatic rings. The number of nitrogens with zero attached hydrogens (tertiary/aromatic N) is 1. The van der Waals surface area contributed by atoms with E-state index in [0.29, 0.717) is 6.54 Å². The molecule has 2 rings (SSSR count). The van der Waals surface area contributed by atoms with Gasteiger partial charge < -0.3 is 5.32 Å². The predicted octanol–water partition coefficient (Wildman–Crippen LogP) is 3.29. The molecule has 2 aromatic rings. The average Bonchev–Trinajstić information content (AvgIpc) is 2.85. The van der Waals surface area contributed by atoms with Crippen LogP contribution in [0.25, 0.3) is 0 Å². The first kappa shape index (κ1) is 14.8. The fraction of sp³-hybridized carbons (Fsp3) is 0.333. The van der Waals surface area contributed by atoms with Gasteiger partial charge in [-0.3, -0.25) is 9.89 Å². The lowest BCUT2D eigenvalue weighted by Gasteiger charge is -2.15. The van der Waals surface area contributed by atoms with E-state index in [4.69, 9.17) is 0 Å². The monoisotopic (exact) mass is 335 g/mol. The van der Waals surface area contributed by atoms with Gasteiger partial charge in [0.2, 0.25) is 5.91 Å². The zero-order valence-electron chi connectivity index (χ0n) is 11.6. The van der Waals surface area contributed by atoms with Gasteiger partial charge in [-0.2, -0.15) is 5.10 Å². The van der Waals surface area contributed by atoms with Crippen LogP contribution in [0.3, 0.4) is 0 Å². The van der Waals surface area contributed by atoms with Crippen LogP contribution in [-0.2, 0) is 11.3 Å². The topological polar surface area (TPSA) is 57.8 Å². The minimum absolute atomic E-state index is 0.0375. The minimum atomic E-state index is -0.122. The third kappa shape index (κ3) is 3.70. The molecule has 4 nitrogen and oxygen atoms in total. The van der Waals surface area contributed by atoms with Gasteiger partial charge in [-0.25, -0.2) is 0 Å². The van der Waals surface area contributed by atoms with Gasteiger partial charge in [-0.1, -0.05) is 35.0 Å². The van der Waals surface area contributed by atoms with Crippen LogP contribution < -0.4 is 5.32 Å². The molecule has 0 bridgehead atoms. The Balaban J connectivity index is 2.00. The van der Waals surface area contributed by atoms with Crippen LogP contribution in [0.2, 0.25) is 0 Å². The van der Waals surface area contributed by atoms with Crippen LogP contribution in [0.4, 0.5) is 0 Å². The van der Waals surface area contributed by atoms with Crippen LogP contribution in [0.5, 0.6) is 0 Å². The summed E-state index contributed by atoms with van der Waals surface area (Å²) in [5, 5.41) is 9.92. The molecule has 5 heteroatoms. The number of rotatable bonds is 5. The molecule has 106 valence electrons. The molecule has 0 radical (unpaired) electrons. The van der Waals surface area contributed by atoms with Crippen molar-refractivity contribution in [1.29, 1.82) is 0 Å². The Hall–Kier alpha value is -1.62. The van der Waals surface area contributed by atoms with Crippen molar-refractivity contribution in [3.05, 3.63) is 51.8 Å².